The second-order valence-corrected chi connectivity index (χ2v) is 9.40. The van der Waals surface area contributed by atoms with Gasteiger partial charge in [0.05, 0.1) is 12.2 Å². The highest BCUT2D eigenvalue weighted by Gasteiger charge is 2.29. The average molecular weight is 451 g/mol. The van der Waals surface area contributed by atoms with Gasteiger partial charge in [-0.3, -0.25) is 9.78 Å². The number of carbonyl (C=O) groups is 2. The first-order valence-electron chi connectivity index (χ1n) is 10.9. The van der Waals surface area contributed by atoms with Crippen molar-refractivity contribution in [2.45, 2.75) is 45.1 Å². The number of aromatic nitrogens is 1. The van der Waals surface area contributed by atoms with Crippen LogP contribution in [0.15, 0.2) is 30.6 Å². The monoisotopic (exact) mass is 450 g/mol. The summed E-state index contributed by atoms with van der Waals surface area (Å²) in [5.41, 5.74) is 2.39. The van der Waals surface area contributed by atoms with E-state index in [2.05, 4.69) is 23.3 Å². The summed E-state index contributed by atoms with van der Waals surface area (Å²) in [5.74, 6) is -0.0576. The number of pyridine rings is 1. The molecule has 8 heteroatoms. The Hall–Kier alpha value is -3.18. The van der Waals surface area contributed by atoms with Crippen LogP contribution >= 0.6 is 11.3 Å². The zero-order chi connectivity index (χ0) is 22.5. The van der Waals surface area contributed by atoms with Crippen LogP contribution in [0.25, 0.3) is 6.08 Å². The van der Waals surface area contributed by atoms with Crippen molar-refractivity contribution in [3.8, 4) is 6.07 Å². The number of ether oxygens (including phenoxy) is 1. The fourth-order valence-corrected chi connectivity index (χ4v) is 5.59. The van der Waals surface area contributed by atoms with Crippen molar-refractivity contribution < 1.29 is 14.3 Å². The van der Waals surface area contributed by atoms with Crippen molar-refractivity contribution in [2.24, 2.45) is 5.92 Å². The number of likely N-dealkylation sites (tertiary alicyclic amines) is 1. The van der Waals surface area contributed by atoms with Gasteiger partial charge in [-0.1, -0.05) is 6.07 Å². The Balaban J connectivity index is 1.37. The Bertz CT molecular complexity index is 1060. The van der Waals surface area contributed by atoms with Gasteiger partial charge in [0.25, 0.3) is 0 Å². The molecule has 4 rings (SSSR count). The smallest absolute Gasteiger partial charge is 0.410 e. The standard InChI is InChI=1S/C24H26N4O3S/c1-16-4-3-11-28(16)24(30)31-15-18-6-8-19-20(13-25)23(32-21(19)12-18)27-22(29)9-7-17-5-2-10-26-14-17/h2,5,7,9-10,14,16,18H,3-4,6,8,11-12,15H2,1H3,(H,27,29)/b9-7+. The summed E-state index contributed by atoms with van der Waals surface area (Å²) in [4.78, 5) is 31.6. The van der Waals surface area contributed by atoms with Crippen LogP contribution in [0, 0.1) is 17.2 Å². The number of nitriles is 1. The number of nitrogens with zero attached hydrogens (tertiary/aromatic N) is 3. The normalized spacial score (nSPS) is 20.1. The highest BCUT2D eigenvalue weighted by molar-refractivity contribution is 7.16. The number of carbonyl (C=O) groups excluding carboxylic acids is 2. The third-order valence-corrected chi connectivity index (χ3v) is 7.23. The second kappa shape index (κ2) is 9.96. The molecule has 2 unspecified atom stereocenters. The van der Waals surface area contributed by atoms with Crippen molar-refractivity contribution in [3.63, 3.8) is 0 Å². The minimum atomic E-state index is -0.283. The predicted molar refractivity (Wildman–Crippen MR) is 123 cm³/mol. The Morgan fingerprint density at radius 3 is 3.03 bits per heavy atom. The topological polar surface area (TPSA) is 95.3 Å². The third kappa shape index (κ3) is 5.00. The summed E-state index contributed by atoms with van der Waals surface area (Å²) in [7, 11) is 0. The van der Waals surface area contributed by atoms with Crippen LogP contribution in [-0.2, 0) is 22.4 Å². The lowest BCUT2D eigenvalue weighted by atomic mass is 9.88. The number of fused-ring (bicyclic) bond motifs is 1. The maximum absolute atomic E-state index is 12.4. The number of hydrogen-bond acceptors (Lipinski definition) is 6. The number of hydrogen-bond donors (Lipinski definition) is 1. The molecule has 1 saturated heterocycles. The summed E-state index contributed by atoms with van der Waals surface area (Å²) < 4.78 is 5.60. The molecule has 2 aliphatic rings. The third-order valence-electron chi connectivity index (χ3n) is 6.06. The van der Waals surface area contributed by atoms with Crippen LogP contribution in [0.2, 0.25) is 0 Å². The average Bonchev–Trinajstić information content (AvgIpc) is 3.38. The summed E-state index contributed by atoms with van der Waals surface area (Å²) in [6, 6.07) is 6.17. The molecule has 2 aromatic rings. The van der Waals surface area contributed by atoms with Gasteiger partial charge in [-0.25, -0.2) is 4.79 Å². The number of thiophene rings is 1. The molecular formula is C24H26N4O3S. The van der Waals surface area contributed by atoms with Crippen LogP contribution in [0.5, 0.6) is 0 Å². The maximum atomic E-state index is 12.4. The molecule has 1 fully saturated rings. The Morgan fingerprint density at radius 2 is 2.31 bits per heavy atom. The summed E-state index contributed by atoms with van der Waals surface area (Å²) in [6.07, 6.45) is 10.7. The van der Waals surface area contributed by atoms with E-state index in [1.807, 2.05) is 6.07 Å². The molecule has 2 aromatic heterocycles. The maximum Gasteiger partial charge on any atom is 0.410 e. The molecule has 0 saturated carbocycles. The van der Waals surface area contributed by atoms with Gasteiger partial charge in [-0.2, -0.15) is 5.26 Å². The molecule has 32 heavy (non-hydrogen) atoms. The minimum Gasteiger partial charge on any atom is -0.449 e. The van der Waals surface area contributed by atoms with Gasteiger partial charge in [0.2, 0.25) is 5.91 Å². The molecule has 1 N–H and O–H groups in total. The van der Waals surface area contributed by atoms with E-state index >= 15 is 0 Å². The number of nitrogens with one attached hydrogen (secondary N) is 1. The van der Waals surface area contributed by atoms with Crippen LogP contribution < -0.4 is 5.32 Å². The number of amides is 2. The van der Waals surface area contributed by atoms with E-state index in [1.54, 1.807) is 29.4 Å². The van der Waals surface area contributed by atoms with E-state index in [0.29, 0.717) is 17.2 Å². The van der Waals surface area contributed by atoms with Gasteiger partial charge in [0.1, 0.15) is 11.1 Å². The molecule has 0 spiro atoms. The molecule has 166 valence electrons. The Morgan fingerprint density at radius 1 is 1.44 bits per heavy atom. The zero-order valence-corrected chi connectivity index (χ0v) is 18.9. The molecular weight excluding hydrogens is 424 g/mol. The van der Waals surface area contributed by atoms with Gasteiger partial charge in [0, 0.05) is 35.9 Å². The highest BCUT2D eigenvalue weighted by atomic mass is 32.1. The second-order valence-electron chi connectivity index (χ2n) is 8.30. The fourth-order valence-electron chi connectivity index (χ4n) is 4.28. The van der Waals surface area contributed by atoms with Crippen molar-refractivity contribution in [1.82, 2.24) is 9.88 Å². The number of anilines is 1. The molecule has 2 atom stereocenters. The molecule has 0 aromatic carbocycles. The summed E-state index contributed by atoms with van der Waals surface area (Å²) in [6.45, 7) is 3.21. The fraction of sp³-hybridized carbons (Fsp3) is 0.417. The molecule has 3 heterocycles. The predicted octanol–water partition coefficient (Wildman–Crippen LogP) is 4.39. The van der Waals surface area contributed by atoms with Crippen molar-refractivity contribution in [1.29, 1.82) is 5.26 Å². The molecule has 1 aliphatic carbocycles. The van der Waals surface area contributed by atoms with E-state index < -0.39 is 0 Å². The van der Waals surface area contributed by atoms with Crippen LogP contribution in [0.1, 0.15) is 47.8 Å². The van der Waals surface area contributed by atoms with Crippen LogP contribution in [0.4, 0.5) is 9.80 Å². The van der Waals surface area contributed by atoms with Gasteiger partial charge >= 0.3 is 6.09 Å². The first kappa shape index (κ1) is 22.0. The molecule has 0 radical (unpaired) electrons. The lowest BCUT2D eigenvalue weighted by molar-refractivity contribution is -0.111. The summed E-state index contributed by atoms with van der Waals surface area (Å²) >= 11 is 1.45. The molecule has 2 amide bonds. The van der Waals surface area contributed by atoms with E-state index in [1.165, 1.54) is 17.4 Å². The van der Waals surface area contributed by atoms with Crippen molar-refractivity contribution >= 4 is 34.4 Å². The van der Waals surface area contributed by atoms with Gasteiger partial charge in [-0.05, 0) is 68.2 Å². The largest absolute Gasteiger partial charge is 0.449 e. The number of rotatable bonds is 5. The molecule has 0 bridgehead atoms. The van der Waals surface area contributed by atoms with E-state index in [-0.39, 0.29) is 24.0 Å². The van der Waals surface area contributed by atoms with Gasteiger partial charge < -0.3 is 15.0 Å². The Labute approximate surface area is 191 Å². The van der Waals surface area contributed by atoms with Gasteiger partial charge in [0.15, 0.2) is 0 Å². The summed E-state index contributed by atoms with van der Waals surface area (Å²) in [5, 5.41) is 13.1. The van der Waals surface area contributed by atoms with Crippen LogP contribution in [0.3, 0.4) is 0 Å². The lowest BCUT2D eigenvalue weighted by Crippen LogP contribution is -2.35. The van der Waals surface area contributed by atoms with E-state index in [0.717, 1.165) is 54.7 Å². The highest BCUT2D eigenvalue weighted by Crippen LogP contribution is 2.39. The van der Waals surface area contributed by atoms with Crippen molar-refractivity contribution in [3.05, 3.63) is 52.2 Å². The Kier molecular flexibility index (Phi) is 6.86. The molecule has 7 nitrogen and oxygen atoms in total. The van der Waals surface area contributed by atoms with Crippen LogP contribution in [-0.4, -0.2) is 41.1 Å². The quantitative estimate of drug-likeness (QED) is 0.682. The minimum absolute atomic E-state index is 0.224. The van der Waals surface area contributed by atoms with E-state index in [4.69, 9.17) is 4.74 Å². The molecule has 1 aliphatic heterocycles. The van der Waals surface area contributed by atoms with Gasteiger partial charge in [-0.15, -0.1) is 11.3 Å². The van der Waals surface area contributed by atoms with Crippen molar-refractivity contribution in [2.75, 3.05) is 18.5 Å². The van der Waals surface area contributed by atoms with E-state index in [9.17, 15) is 14.9 Å². The first-order valence-corrected chi connectivity index (χ1v) is 11.7. The lowest BCUT2D eigenvalue weighted by Gasteiger charge is -2.25. The first-order chi connectivity index (χ1) is 15.5. The zero-order valence-electron chi connectivity index (χ0n) is 18.0. The SMILES string of the molecule is CC1CCCN1C(=O)OCC1CCc2c(sc(NC(=O)/C=C/c3cccnc3)c2C#N)C1.